The van der Waals surface area contributed by atoms with Crippen LogP contribution in [0.3, 0.4) is 0 Å². The van der Waals surface area contributed by atoms with Gasteiger partial charge in [0, 0.05) is 11.8 Å². The van der Waals surface area contributed by atoms with Crippen LogP contribution in [0.2, 0.25) is 5.15 Å². The number of hydrogen-bond acceptors (Lipinski definition) is 5. The first-order valence-electron chi connectivity index (χ1n) is 3.65. The van der Waals surface area contributed by atoms with E-state index in [0.717, 1.165) is 5.71 Å². The maximum Gasteiger partial charge on any atom is 0.192 e. The Morgan fingerprint density at radius 2 is 2.23 bits per heavy atom. The van der Waals surface area contributed by atoms with Gasteiger partial charge >= 0.3 is 0 Å². The third-order valence-electron chi connectivity index (χ3n) is 1.18. The number of nitrogens with one attached hydrogen (secondary N) is 1. The van der Waals surface area contributed by atoms with Gasteiger partial charge in [-0.3, -0.25) is 5.43 Å². The van der Waals surface area contributed by atoms with Crippen LogP contribution in [0.15, 0.2) is 11.2 Å². The number of halogens is 1. The van der Waals surface area contributed by atoms with Crippen molar-refractivity contribution in [1.82, 2.24) is 10.2 Å². The van der Waals surface area contributed by atoms with Gasteiger partial charge in [-0.05, 0) is 13.8 Å². The summed E-state index contributed by atoms with van der Waals surface area (Å²) in [4.78, 5) is 0. The van der Waals surface area contributed by atoms with Crippen LogP contribution in [-0.2, 0) is 0 Å². The van der Waals surface area contributed by atoms with Crippen molar-refractivity contribution in [3.63, 3.8) is 0 Å². The highest BCUT2D eigenvalue weighted by Crippen LogP contribution is 2.16. The van der Waals surface area contributed by atoms with Crippen LogP contribution in [0.25, 0.3) is 0 Å². The van der Waals surface area contributed by atoms with Crippen LogP contribution in [0, 0.1) is 0 Å². The standard InChI is InChI=1S/C7H10ClN5/c1-4(2)10-12-7-5(9)3-6(8)11-13-7/h3H,1-2H3,(H2,9,11)(H,12,13). The van der Waals surface area contributed by atoms with Crippen LogP contribution in [0.1, 0.15) is 13.8 Å². The lowest BCUT2D eigenvalue weighted by Crippen LogP contribution is -2.01. The summed E-state index contributed by atoms with van der Waals surface area (Å²) in [6.07, 6.45) is 0. The molecule has 0 atom stereocenters. The third kappa shape index (κ3) is 2.87. The zero-order valence-corrected chi connectivity index (χ0v) is 8.13. The summed E-state index contributed by atoms with van der Waals surface area (Å²) in [6, 6.07) is 1.51. The first kappa shape index (κ1) is 9.73. The molecule has 0 radical (unpaired) electrons. The average molecular weight is 200 g/mol. The Balaban J connectivity index is 2.84. The monoisotopic (exact) mass is 199 g/mol. The summed E-state index contributed by atoms with van der Waals surface area (Å²) in [5, 5.41) is 11.5. The summed E-state index contributed by atoms with van der Waals surface area (Å²) in [6.45, 7) is 3.71. The van der Waals surface area contributed by atoms with E-state index in [-0.39, 0.29) is 5.15 Å². The van der Waals surface area contributed by atoms with Gasteiger partial charge in [0.25, 0.3) is 0 Å². The number of aromatic nitrogens is 2. The second-order valence-electron chi connectivity index (χ2n) is 2.64. The number of nitrogens with two attached hydrogens (primary N) is 1. The molecule has 0 saturated carbocycles. The highest BCUT2D eigenvalue weighted by Gasteiger charge is 2.00. The van der Waals surface area contributed by atoms with E-state index in [9.17, 15) is 0 Å². The van der Waals surface area contributed by atoms with E-state index in [4.69, 9.17) is 17.3 Å². The average Bonchev–Trinajstić information content (AvgIpc) is 2.02. The smallest absolute Gasteiger partial charge is 0.192 e. The van der Waals surface area contributed by atoms with Gasteiger partial charge in [0.05, 0.1) is 5.69 Å². The minimum Gasteiger partial charge on any atom is -0.396 e. The molecule has 1 aromatic heterocycles. The molecular weight excluding hydrogens is 190 g/mol. The fourth-order valence-electron chi connectivity index (χ4n) is 0.633. The molecule has 1 heterocycles. The Hall–Kier alpha value is -1.36. The van der Waals surface area contributed by atoms with Crippen LogP contribution in [0.5, 0.6) is 0 Å². The quantitative estimate of drug-likeness (QED) is 0.559. The number of rotatable bonds is 2. The molecule has 0 aliphatic heterocycles. The third-order valence-corrected chi connectivity index (χ3v) is 1.36. The largest absolute Gasteiger partial charge is 0.396 e. The zero-order chi connectivity index (χ0) is 9.84. The van der Waals surface area contributed by atoms with E-state index < -0.39 is 0 Å². The van der Waals surface area contributed by atoms with Crippen LogP contribution in [-0.4, -0.2) is 15.9 Å². The second kappa shape index (κ2) is 4.04. The summed E-state index contributed by atoms with van der Waals surface area (Å²) >= 11 is 5.56. The van der Waals surface area contributed by atoms with Crippen molar-refractivity contribution >= 4 is 28.8 Å². The van der Waals surface area contributed by atoms with Gasteiger partial charge < -0.3 is 5.73 Å². The van der Waals surface area contributed by atoms with Crippen molar-refractivity contribution in [2.24, 2.45) is 5.10 Å². The molecule has 0 spiro atoms. The molecule has 3 N–H and O–H groups in total. The second-order valence-corrected chi connectivity index (χ2v) is 3.03. The van der Waals surface area contributed by atoms with E-state index in [2.05, 4.69) is 20.7 Å². The molecule has 13 heavy (non-hydrogen) atoms. The van der Waals surface area contributed by atoms with Gasteiger partial charge in [0.2, 0.25) is 0 Å². The highest BCUT2D eigenvalue weighted by molar-refractivity contribution is 6.29. The minimum atomic E-state index is 0.264. The maximum absolute atomic E-state index is 5.59. The van der Waals surface area contributed by atoms with Gasteiger partial charge in [-0.2, -0.15) is 5.10 Å². The number of anilines is 2. The molecule has 1 rings (SSSR count). The molecule has 70 valence electrons. The lowest BCUT2D eigenvalue weighted by Gasteiger charge is -2.02. The van der Waals surface area contributed by atoms with E-state index in [1.165, 1.54) is 6.07 Å². The molecule has 0 amide bonds. The molecule has 0 aromatic carbocycles. The van der Waals surface area contributed by atoms with Crippen molar-refractivity contribution in [2.75, 3.05) is 11.2 Å². The minimum absolute atomic E-state index is 0.264. The van der Waals surface area contributed by atoms with Crippen LogP contribution < -0.4 is 11.2 Å². The van der Waals surface area contributed by atoms with Crippen molar-refractivity contribution in [3.05, 3.63) is 11.2 Å². The van der Waals surface area contributed by atoms with Gasteiger partial charge in [-0.15, -0.1) is 10.2 Å². The Bertz CT molecular complexity index is 332. The summed E-state index contributed by atoms with van der Waals surface area (Å²) in [5.41, 5.74) is 9.55. The number of hydrazone groups is 1. The fraction of sp³-hybridized carbons (Fsp3) is 0.286. The molecular formula is C7H10ClN5. The summed E-state index contributed by atoms with van der Waals surface area (Å²) < 4.78 is 0. The van der Waals surface area contributed by atoms with E-state index in [1.807, 2.05) is 13.8 Å². The predicted molar refractivity (Wildman–Crippen MR) is 53.9 cm³/mol. The van der Waals surface area contributed by atoms with Crippen LogP contribution in [0.4, 0.5) is 11.5 Å². The molecule has 5 nitrogen and oxygen atoms in total. The van der Waals surface area contributed by atoms with Gasteiger partial charge in [-0.1, -0.05) is 11.6 Å². The zero-order valence-electron chi connectivity index (χ0n) is 7.37. The van der Waals surface area contributed by atoms with E-state index >= 15 is 0 Å². The predicted octanol–water partition coefficient (Wildman–Crippen LogP) is 1.52. The Labute approximate surface area is 81.0 Å². The van der Waals surface area contributed by atoms with Crippen LogP contribution >= 0.6 is 11.6 Å². The first-order chi connectivity index (χ1) is 6.09. The topological polar surface area (TPSA) is 76.2 Å². The van der Waals surface area contributed by atoms with Crippen molar-refractivity contribution in [3.8, 4) is 0 Å². The van der Waals surface area contributed by atoms with E-state index in [0.29, 0.717) is 11.5 Å². The van der Waals surface area contributed by atoms with Crippen molar-refractivity contribution in [1.29, 1.82) is 0 Å². The normalized spacial score (nSPS) is 9.46. The molecule has 6 heteroatoms. The molecule has 0 bridgehead atoms. The Kier molecular flexibility index (Phi) is 3.02. The Morgan fingerprint density at radius 1 is 1.54 bits per heavy atom. The summed E-state index contributed by atoms with van der Waals surface area (Å²) in [5.74, 6) is 0.408. The molecule has 0 aliphatic carbocycles. The number of hydrogen-bond donors (Lipinski definition) is 2. The SMILES string of the molecule is CC(C)=NNc1nnc(Cl)cc1N. The van der Waals surface area contributed by atoms with Gasteiger partial charge in [-0.25, -0.2) is 0 Å². The maximum atomic E-state index is 5.59. The lowest BCUT2D eigenvalue weighted by atomic mass is 10.4. The fourth-order valence-corrected chi connectivity index (χ4v) is 0.788. The van der Waals surface area contributed by atoms with Gasteiger partial charge in [0.15, 0.2) is 11.0 Å². The Morgan fingerprint density at radius 3 is 2.77 bits per heavy atom. The molecule has 0 fully saturated rings. The highest BCUT2D eigenvalue weighted by atomic mass is 35.5. The van der Waals surface area contributed by atoms with Crippen molar-refractivity contribution < 1.29 is 0 Å². The molecule has 1 aromatic rings. The van der Waals surface area contributed by atoms with Crippen molar-refractivity contribution in [2.45, 2.75) is 13.8 Å². The summed E-state index contributed by atoms with van der Waals surface area (Å²) in [7, 11) is 0. The molecule has 0 aliphatic rings. The van der Waals surface area contributed by atoms with E-state index in [1.54, 1.807) is 0 Å². The van der Waals surface area contributed by atoms with Gasteiger partial charge in [0.1, 0.15) is 0 Å². The number of nitrogen functional groups attached to an aromatic ring is 1. The number of nitrogens with zero attached hydrogens (tertiary/aromatic N) is 3. The molecule has 0 saturated heterocycles. The first-order valence-corrected chi connectivity index (χ1v) is 4.03. The molecule has 0 unspecified atom stereocenters. The lowest BCUT2D eigenvalue weighted by molar-refractivity contribution is 1.02.